The van der Waals surface area contributed by atoms with Gasteiger partial charge in [-0.1, -0.05) is 11.6 Å². The van der Waals surface area contributed by atoms with E-state index in [1.165, 1.54) is 42.7 Å². The van der Waals surface area contributed by atoms with Crippen LogP contribution < -0.4 is 15.6 Å². The zero-order valence-corrected chi connectivity index (χ0v) is 21.4. The van der Waals surface area contributed by atoms with Gasteiger partial charge in [-0.2, -0.15) is 0 Å². The van der Waals surface area contributed by atoms with Gasteiger partial charge in [0.2, 0.25) is 11.5 Å². The molecule has 2 amide bonds. The Morgan fingerprint density at radius 3 is 2.49 bits per heavy atom. The van der Waals surface area contributed by atoms with Crippen LogP contribution in [0.3, 0.4) is 0 Å². The minimum Gasteiger partial charge on any atom is -0.456 e. The Balaban J connectivity index is 1.36. The average molecular weight is 528 g/mol. The molecule has 37 heavy (non-hydrogen) atoms. The fourth-order valence-corrected chi connectivity index (χ4v) is 4.44. The monoisotopic (exact) mass is 527 g/mol. The summed E-state index contributed by atoms with van der Waals surface area (Å²) in [5.41, 5.74) is -0.748. The molecular weight excluding hydrogens is 501 g/mol. The lowest BCUT2D eigenvalue weighted by Crippen LogP contribution is -2.63. The zero-order valence-electron chi connectivity index (χ0n) is 20.6. The third-order valence-corrected chi connectivity index (χ3v) is 6.56. The van der Waals surface area contributed by atoms with Gasteiger partial charge in [0.1, 0.15) is 23.1 Å². The van der Waals surface area contributed by atoms with Crippen LogP contribution in [0.4, 0.5) is 10.2 Å². The number of piperazine rings is 1. The first-order chi connectivity index (χ1) is 17.5. The van der Waals surface area contributed by atoms with Crippen LogP contribution in [0, 0.1) is 5.82 Å². The molecule has 194 valence electrons. The normalized spacial score (nSPS) is 16.2. The van der Waals surface area contributed by atoms with Gasteiger partial charge in [0.15, 0.2) is 0 Å². The van der Waals surface area contributed by atoms with Gasteiger partial charge >= 0.3 is 0 Å². The maximum absolute atomic E-state index is 13.1. The number of benzene rings is 1. The van der Waals surface area contributed by atoms with Crippen molar-refractivity contribution in [2.75, 3.05) is 25.0 Å². The standard InChI is InChI=1S/C26H27ClFN5O4/c1-16(24(35)31-22-9-8-19(13-29-22)37-18-6-4-17(28)5-7-18)32-10-11-33(26(2,3)15-32)25(36)20-14-30-23(34)12-21(20)27/h4-9,12-14,16H,10-11,15H2,1-3H3,(H,30,34)(H,29,31,35). The number of carbonyl (C=O) groups excluding carboxylic acids is 2. The van der Waals surface area contributed by atoms with Gasteiger partial charge in [-0.25, -0.2) is 9.37 Å². The number of amides is 2. The molecule has 0 bridgehead atoms. The summed E-state index contributed by atoms with van der Waals surface area (Å²) in [4.78, 5) is 48.0. The van der Waals surface area contributed by atoms with E-state index in [4.69, 9.17) is 16.3 Å². The molecule has 2 aromatic heterocycles. The molecule has 9 nitrogen and oxygen atoms in total. The second kappa shape index (κ2) is 10.7. The fourth-order valence-electron chi connectivity index (χ4n) is 4.21. The lowest BCUT2D eigenvalue weighted by atomic mass is 9.96. The molecule has 1 aromatic carbocycles. The van der Waals surface area contributed by atoms with Gasteiger partial charge in [-0.05, 0) is 57.2 Å². The van der Waals surface area contributed by atoms with E-state index in [0.29, 0.717) is 37.0 Å². The van der Waals surface area contributed by atoms with E-state index in [2.05, 4.69) is 15.3 Å². The minimum atomic E-state index is -0.596. The number of carbonyl (C=O) groups is 2. The molecule has 4 rings (SSSR count). The topological polar surface area (TPSA) is 108 Å². The van der Waals surface area contributed by atoms with E-state index in [0.717, 1.165) is 0 Å². The van der Waals surface area contributed by atoms with E-state index in [9.17, 15) is 18.8 Å². The first-order valence-corrected chi connectivity index (χ1v) is 12.1. The summed E-state index contributed by atoms with van der Waals surface area (Å²) in [6.45, 7) is 6.94. The van der Waals surface area contributed by atoms with E-state index >= 15 is 0 Å². The van der Waals surface area contributed by atoms with Crippen molar-refractivity contribution in [2.24, 2.45) is 0 Å². The summed E-state index contributed by atoms with van der Waals surface area (Å²) in [6.07, 6.45) is 2.80. The largest absolute Gasteiger partial charge is 0.456 e. The average Bonchev–Trinajstić information content (AvgIpc) is 2.85. The Kier molecular flexibility index (Phi) is 7.60. The predicted octanol–water partition coefficient (Wildman–Crippen LogP) is 3.92. The van der Waals surface area contributed by atoms with Crippen LogP contribution in [-0.2, 0) is 4.79 Å². The number of anilines is 1. The highest BCUT2D eigenvalue weighted by molar-refractivity contribution is 6.33. The van der Waals surface area contributed by atoms with Crippen LogP contribution in [0.5, 0.6) is 11.5 Å². The minimum absolute atomic E-state index is 0.0984. The quantitative estimate of drug-likeness (QED) is 0.503. The number of rotatable bonds is 6. The van der Waals surface area contributed by atoms with Crippen LogP contribution in [0.25, 0.3) is 0 Å². The Labute approximate surface area is 218 Å². The Hall–Kier alpha value is -3.76. The molecule has 1 aliphatic rings. The van der Waals surface area contributed by atoms with Crippen molar-refractivity contribution in [3.05, 3.63) is 81.6 Å². The van der Waals surface area contributed by atoms with Crippen LogP contribution >= 0.6 is 11.6 Å². The van der Waals surface area contributed by atoms with Crippen LogP contribution in [0.15, 0.2) is 59.7 Å². The number of hydrogen-bond donors (Lipinski definition) is 2. The molecule has 3 heterocycles. The molecule has 1 fully saturated rings. The van der Waals surface area contributed by atoms with Crippen molar-refractivity contribution in [2.45, 2.75) is 32.4 Å². The molecule has 1 aliphatic heterocycles. The van der Waals surface area contributed by atoms with Gasteiger partial charge in [0.05, 0.1) is 28.4 Å². The molecule has 0 spiro atoms. The highest BCUT2D eigenvalue weighted by Gasteiger charge is 2.40. The van der Waals surface area contributed by atoms with Crippen molar-refractivity contribution in [1.29, 1.82) is 0 Å². The van der Waals surface area contributed by atoms with Crippen LogP contribution in [0.2, 0.25) is 5.02 Å². The van der Waals surface area contributed by atoms with Crippen LogP contribution in [0.1, 0.15) is 31.1 Å². The third-order valence-electron chi connectivity index (χ3n) is 6.25. The SMILES string of the molecule is CC(C(=O)Nc1ccc(Oc2ccc(F)cc2)cn1)N1CCN(C(=O)c2c[nH]c(=O)cc2Cl)C(C)(C)C1. The highest BCUT2D eigenvalue weighted by Crippen LogP contribution is 2.27. The number of halogens is 2. The molecule has 1 saturated heterocycles. The smallest absolute Gasteiger partial charge is 0.257 e. The molecule has 0 radical (unpaired) electrons. The van der Waals surface area contributed by atoms with E-state index < -0.39 is 11.6 Å². The summed E-state index contributed by atoms with van der Waals surface area (Å²) >= 11 is 6.13. The summed E-state index contributed by atoms with van der Waals surface area (Å²) in [7, 11) is 0. The number of pyridine rings is 2. The summed E-state index contributed by atoms with van der Waals surface area (Å²) in [6, 6.07) is 9.60. The van der Waals surface area contributed by atoms with E-state index in [1.54, 1.807) is 24.0 Å². The molecule has 11 heteroatoms. The number of H-pyrrole nitrogens is 1. The number of aromatic amines is 1. The Morgan fingerprint density at radius 1 is 1.16 bits per heavy atom. The number of aromatic nitrogens is 2. The van der Waals surface area contributed by atoms with Crippen molar-refractivity contribution >= 4 is 29.2 Å². The Bertz CT molecular complexity index is 1340. The number of nitrogens with one attached hydrogen (secondary N) is 2. The predicted molar refractivity (Wildman–Crippen MR) is 138 cm³/mol. The second-order valence-electron chi connectivity index (χ2n) is 9.40. The maximum Gasteiger partial charge on any atom is 0.257 e. The molecular formula is C26H27ClFN5O4. The van der Waals surface area contributed by atoms with Crippen LogP contribution in [-0.4, -0.2) is 62.8 Å². The van der Waals surface area contributed by atoms with Crippen molar-refractivity contribution in [1.82, 2.24) is 19.8 Å². The third kappa shape index (κ3) is 6.15. The van der Waals surface area contributed by atoms with Gasteiger partial charge < -0.3 is 19.9 Å². The fraction of sp³-hybridized carbons (Fsp3) is 0.308. The van der Waals surface area contributed by atoms with Crippen molar-refractivity contribution in [3.8, 4) is 11.5 Å². The lowest BCUT2D eigenvalue weighted by molar-refractivity contribution is -0.122. The Morgan fingerprint density at radius 2 is 1.86 bits per heavy atom. The van der Waals surface area contributed by atoms with E-state index in [-0.39, 0.29) is 33.8 Å². The molecule has 3 aromatic rings. The number of ether oxygens (including phenoxy) is 1. The molecule has 1 atom stereocenters. The zero-order chi connectivity index (χ0) is 26.7. The van der Waals surface area contributed by atoms with Gasteiger partial charge in [0.25, 0.3) is 5.91 Å². The molecule has 0 aliphatic carbocycles. The number of hydrogen-bond acceptors (Lipinski definition) is 6. The number of nitrogens with zero attached hydrogens (tertiary/aromatic N) is 3. The first kappa shape index (κ1) is 26.3. The lowest BCUT2D eigenvalue weighted by Gasteiger charge is -2.48. The van der Waals surface area contributed by atoms with Gasteiger partial charge in [-0.15, -0.1) is 0 Å². The summed E-state index contributed by atoms with van der Waals surface area (Å²) in [5, 5.41) is 2.91. The highest BCUT2D eigenvalue weighted by atomic mass is 35.5. The molecule has 2 N–H and O–H groups in total. The van der Waals surface area contributed by atoms with Gasteiger partial charge in [0, 0.05) is 31.9 Å². The van der Waals surface area contributed by atoms with Crippen molar-refractivity contribution in [3.63, 3.8) is 0 Å². The van der Waals surface area contributed by atoms with E-state index in [1.807, 2.05) is 18.7 Å². The second-order valence-corrected chi connectivity index (χ2v) is 9.81. The summed E-state index contributed by atoms with van der Waals surface area (Å²) in [5.74, 6) is 0.407. The molecule has 1 unspecified atom stereocenters. The molecule has 0 saturated carbocycles. The maximum atomic E-state index is 13.1. The summed E-state index contributed by atoms with van der Waals surface area (Å²) < 4.78 is 18.7. The first-order valence-electron chi connectivity index (χ1n) is 11.7. The van der Waals surface area contributed by atoms with Crippen molar-refractivity contribution < 1.29 is 18.7 Å². The van der Waals surface area contributed by atoms with Gasteiger partial charge in [-0.3, -0.25) is 19.3 Å².